The Morgan fingerprint density at radius 1 is 1.26 bits per heavy atom. The first-order chi connectivity index (χ1) is 9.38. The molecule has 4 heteroatoms. The summed E-state index contributed by atoms with van der Waals surface area (Å²) in [6, 6.07) is 8.09. The standard InChI is InChI=1S/C15H14N4/c1-2-9-19-10-8-17-15(19)18-14-5-3-4-12-11-16-7-6-13(12)14/h2-8,10-11H,1,9H2,(H,17,18). The second kappa shape index (κ2) is 4.94. The number of imidazole rings is 1. The monoisotopic (exact) mass is 250 g/mol. The average Bonchev–Trinajstić information content (AvgIpc) is 2.87. The molecule has 0 spiro atoms. The third-order valence-electron chi connectivity index (χ3n) is 2.97. The molecular formula is C15H14N4. The van der Waals surface area contributed by atoms with E-state index in [1.54, 1.807) is 12.4 Å². The Kier molecular flexibility index (Phi) is 2.98. The van der Waals surface area contributed by atoms with Crippen LogP contribution >= 0.6 is 0 Å². The maximum Gasteiger partial charge on any atom is 0.207 e. The number of allylic oxidation sites excluding steroid dienone is 1. The number of anilines is 2. The zero-order valence-corrected chi connectivity index (χ0v) is 10.5. The van der Waals surface area contributed by atoms with Gasteiger partial charge >= 0.3 is 0 Å². The number of hydrogen-bond acceptors (Lipinski definition) is 3. The van der Waals surface area contributed by atoms with Crippen molar-refractivity contribution in [2.45, 2.75) is 6.54 Å². The summed E-state index contributed by atoms with van der Waals surface area (Å²) in [5.41, 5.74) is 1.02. The summed E-state index contributed by atoms with van der Waals surface area (Å²) in [5.74, 6) is 0.809. The lowest BCUT2D eigenvalue weighted by molar-refractivity contribution is 0.833. The van der Waals surface area contributed by atoms with Crippen molar-refractivity contribution in [3.8, 4) is 0 Å². The van der Waals surface area contributed by atoms with E-state index in [2.05, 4.69) is 21.9 Å². The van der Waals surface area contributed by atoms with Gasteiger partial charge in [0.15, 0.2) is 0 Å². The van der Waals surface area contributed by atoms with E-state index in [4.69, 9.17) is 0 Å². The summed E-state index contributed by atoms with van der Waals surface area (Å²) in [6.07, 6.45) is 9.20. The van der Waals surface area contributed by atoms with Gasteiger partial charge in [-0.1, -0.05) is 18.2 Å². The molecule has 0 aliphatic heterocycles. The van der Waals surface area contributed by atoms with Gasteiger partial charge in [0.2, 0.25) is 5.95 Å². The van der Waals surface area contributed by atoms with Gasteiger partial charge in [0.1, 0.15) is 0 Å². The van der Waals surface area contributed by atoms with E-state index in [9.17, 15) is 0 Å². The summed E-state index contributed by atoms with van der Waals surface area (Å²) in [5, 5.41) is 5.59. The molecule has 2 heterocycles. The van der Waals surface area contributed by atoms with E-state index in [-0.39, 0.29) is 0 Å². The highest BCUT2D eigenvalue weighted by Gasteiger charge is 2.04. The van der Waals surface area contributed by atoms with E-state index in [1.165, 1.54) is 0 Å². The largest absolute Gasteiger partial charge is 0.325 e. The van der Waals surface area contributed by atoms with E-state index in [0.29, 0.717) is 0 Å². The van der Waals surface area contributed by atoms with Crippen molar-refractivity contribution in [3.63, 3.8) is 0 Å². The molecule has 3 rings (SSSR count). The van der Waals surface area contributed by atoms with Crippen molar-refractivity contribution < 1.29 is 0 Å². The number of nitrogens with zero attached hydrogens (tertiary/aromatic N) is 3. The fourth-order valence-electron chi connectivity index (χ4n) is 2.07. The molecule has 0 unspecified atom stereocenters. The molecule has 0 saturated carbocycles. The minimum atomic E-state index is 0.731. The first-order valence-corrected chi connectivity index (χ1v) is 6.10. The number of rotatable bonds is 4. The minimum Gasteiger partial charge on any atom is -0.325 e. The van der Waals surface area contributed by atoms with Gasteiger partial charge in [0, 0.05) is 47.8 Å². The maximum absolute atomic E-state index is 4.33. The van der Waals surface area contributed by atoms with E-state index >= 15 is 0 Å². The summed E-state index contributed by atoms with van der Waals surface area (Å²) < 4.78 is 2.01. The first kappa shape index (κ1) is 11.5. The molecule has 3 aromatic rings. The van der Waals surface area contributed by atoms with Gasteiger partial charge in [-0.3, -0.25) is 4.98 Å². The molecule has 1 N–H and O–H groups in total. The van der Waals surface area contributed by atoms with Gasteiger partial charge in [-0.25, -0.2) is 4.98 Å². The van der Waals surface area contributed by atoms with Gasteiger partial charge in [0.25, 0.3) is 0 Å². The molecule has 0 aliphatic rings. The molecule has 0 radical (unpaired) electrons. The quantitative estimate of drug-likeness (QED) is 0.722. The number of pyridine rings is 1. The van der Waals surface area contributed by atoms with Gasteiger partial charge < -0.3 is 9.88 Å². The van der Waals surface area contributed by atoms with Crippen LogP contribution in [-0.4, -0.2) is 14.5 Å². The topological polar surface area (TPSA) is 42.7 Å². The molecule has 94 valence electrons. The molecule has 0 amide bonds. The van der Waals surface area contributed by atoms with E-state index in [0.717, 1.165) is 29.0 Å². The SMILES string of the molecule is C=CCn1ccnc1Nc1cccc2cnccc12. The second-order valence-corrected chi connectivity index (χ2v) is 4.22. The second-order valence-electron chi connectivity index (χ2n) is 4.22. The Hall–Kier alpha value is -2.62. The van der Waals surface area contributed by atoms with Crippen LogP contribution in [0.2, 0.25) is 0 Å². The highest BCUT2D eigenvalue weighted by atomic mass is 15.2. The Bertz CT molecular complexity index is 709. The summed E-state index contributed by atoms with van der Waals surface area (Å²) in [7, 11) is 0. The van der Waals surface area contributed by atoms with Crippen LogP contribution in [0, 0.1) is 0 Å². The fourth-order valence-corrected chi connectivity index (χ4v) is 2.07. The van der Waals surface area contributed by atoms with Gasteiger partial charge in [-0.15, -0.1) is 6.58 Å². The van der Waals surface area contributed by atoms with Crippen LogP contribution in [0.1, 0.15) is 0 Å². The van der Waals surface area contributed by atoms with Crippen molar-refractivity contribution in [2.75, 3.05) is 5.32 Å². The van der Waals surface area contributed by atoms with Crippen molar-refractivity contribution in [2.24, 2.45) is 0 Å². The molecule has 0 atom stereocenters. The third kappa shape index (κ3) is 2.20. The van der Waals surface area contributed by atoms with Crippen LogP contribution in [0.5, 0.6) is 0 Å². The molecule has 0 aliphatic carbocycles. The van der Waals surface area contributed by atoms with E-state index in [1.807, 2.05) is 47.3 Å². The Morgan fingerprint density at radius 2 is 2.21 bits per heavy atom. The molecule has 4 nitrogen and oxygen atoms in total. The number of benzene rings is 1. The highest BCUT2D eigenvalue weighted by molar-refractivity contribution is 5.94. The lowest BCUT2D eigenvalue weighted by atomic mass is 10.1. The van der Waals surface area contributed by atoms with Crippen LogP contribution < -0.4 is 5.32 Å². The number of fused-ring (bicyclic) bond motifs is 1. The number of aromatic nitrogens is 3. The maximum atomic E-state index is 4.33. The molecule has 0 fully saturated rings. The predicted octanol–water partition coefficient (Wildman–Crippen LogP) is 3.36. The smallest absolute Gasteiger partial charge is 0.207 e. The normalized spacial score (nSPS) is 10.5. The van der Waals surface area contributed by atoms with E-state index < -0.39 is 0 Å². The fraction of sp³-hybridized carbons (Fsp3) is 0.0667. The number of hydrogen-bond donors (Lipinski definition) is 1. The van der Waals surface area contributed by atoms with Crippen LogP contribution in [0.4, 0.5) is 11.6 Å². The number of nitrogens with one attached hydrogen (secondary N) is 1. The van der Waals surface area contributed by atoms with Crippen molar-refractivity contribution in [3.05, 3.63) is 61.7 Å². The lowest BCUT2D eigenvalue weighted by Gasteiger charge is -2.10. The third-order valence-corrected chi connectivity index (χ3v) is 2.97. The molecule has 0 bridgehead atoms. The summed E-state index contributed by atoms with van der Waals surface area (Å²) in [6.45, 7) is 4.48. The zero-order valence-electron chi connectivity index (χ0n) is 10.5. The van der Waals surface area contributed by atoms with Crippen LogP contribution in [0.3, 0.4) is 0 Å². The minimum absolute atomic E-state index is 0.731. The lowest BCUT2D eigenvalue weighted by Crippen LogP contribution is -2.02. The Morgan fingerprint density at radius 3 is 3.11 bits per heavy atom. The molecule has 1 aromatic carbocycles. The zero-order chi connectivity index (χ0) is 13.1. The van der Waals surface area contributed by atoms with Crippen molar-refractivity contribution >= 4 is 22.4 Å². The molecule has 2 aromatic heterocycles. The van der Waals surface area contributed by atoms with Crippen LogP contribution in [0.25, 0.3) is 10.8 Å². The average molecular weight is 250 g/mol. The van der Waals surface area contributed by atoms with Gasteiger partial charge in [0.05, 0.1) is 0 Å². The van der Waals surface area contributed by atoms with Crippen molar-refractivity contribution in [1.82, 2.24) is 14.5 Å². The Labute approximate surface area is 111 Å². The molecule has 19 heavy (non-hydrogen) atoms. The van der Waals surface area contributed by atoms with Gasteiger partial charge in [-0.05, 0) is 12.1 Å². The van der Waals surface area contributed by atoms with Crippen LogP contribution in [0.15, 0.2) is 61.7 Å². The first-order valence-electron chi connectivity index (χ1n) is 6.10. The molecular weight excluding hydrogens is 236 g/mol. The molecule has 0 saturated heterocycles. The predicted molar refractivity (Wildman–Crippen MR) is 77.4 cm³/mol. The summed E-state index contributed by atoms with van der Waals surface area (Å²) in [4.78, 5) is 8.46. The summed E-state index contributed by atoms with van der Waals surface area (Å²) >= 11 is 0. The Balaban J connectivity index is 2.01. The highest BCUT2D eigenvalue weighted by Crippen LogP contribution is 2.24. The van der Waals surface area contributed by atoms with Crippen LogP contribution in [-0.2, 0) is 6.54 Å². The van der Waals surface area contributed by atoms with Gasteiger partial charge in [-0.2, -0.15) is 0 Å². The van der Waals surface area contributed by atoms with Crippen molar-refractivity contribution in [1.29, 1.82) is 0 Å².